The van der Waals surface area contributed by atoms with Crippen molar-refractivity contribution in [3.63, 3.8) is 0 Å². The van der Waals surface area contributed by atoms with E-state index < -0.39 is 4.92 Å². The van der Waals surface area contributed by atoms with Gasteiger partial charge in [-0.1, -0.05) is 27.7 Å². The summed E-state index contributed by atoms with van der Waals surface area (Å²) < 4.78 is 11.4. The van der Waals surface area contributed by atoms with Crippen LogP contribution in [-0.4, -0.2) is 18.1 Å². The first-order valence-corrected chi connectivity index (χ1v) is 7.44. The molecule has 0 bridgehead atoms. The van der Waals surface area contributed by atoms with Crippen LogP contribution in [0.2, 0.25) is 0 Å². The molecule has 0 fully saturated rings. The Morgan fingerprint density at radius 3 is 2.00 bits per heavy atom. The molecule has 1 rings (SSSR count). The predicted octanol–water partition coefficient (Wildman–Crippen LogP) is 4.44. The monoisotopic (exact) mass is 295 g/mol. The van der Waals surface area contributed by atoms with Crippen LogP contribution in [0.4, 0.5) is 5.69 Å². The molecule has 21 heavy (non-hydrogen) atoms. The minimum absolute atomic E-state index is 0.0192. The smallest absolute Gasteiger partial charge is 0.273 e. The average Bonchev–Trinajstić information content (AvgIpc) is 2.39. The molecule has 0 N–H and O–H groups in total. The van der Waals surface area contributed by atoms with Gasteiger partial charge in [-0.2, -0.15) is 0 Å². The van der Waals surface area contributed by atoms with E-state index in [1.54, 1.807) is 6.07 Å². The zero-order valence-corrected chi connectivity index (χ0v) is 13.3. The summed E-state index contributed by atoms with van der Waals surface area (Å²) in [5.74, 6) is 2.10. The second-order valence-electron chi connectivity index (χ2n) is 5.95. The Bertz CT molecular complexity index is 458. The first-order chi connectivity index (χ1) is 9.90. The molecule has 0 unspecified atom stereocenters. The molecular weight excluding hydrogens is 270 g/mol. The highest BCUT2D eigenvalue weighted by atomic mass is 16.6. The molecule has 0 aliphatic heterocycles. The zero-order valence-electron chi connectivity index (χ0n) is 13.3. The van der Waals surface area contributed by atoms with Gasteiger partial charge in [0.15, 0.2) is 11.5 Å². The van der Waals surface area contributed by atoms with Crippen LogP contribution in [0.1, 0.15) is 40.5 Å². The Kier molecular flexibility index (Phi) is 6.99. The standard InChI is InChI=1S/C16H25NO4/c1-12(2)7-9-20-15-6-5-14(17(18)19)11-16(15)21-10-8-13(3)4/h5-6,11-13H,7-10H2,1-4H3. The Hall–Kier alpha value is -1.78. The van der Waals surface area contributed by atoms with Gasteiger partial charge in [0, 0.05) is 6.07 Å². The summed E-state index contributed by atoms with van der Waals surface area (Å²) >= 11 is 0. The fourth-order valence-electron chi connectivity index (χ4n) is 1.65. The Balaban J connectivity index is 2.76. The van der Waals surface area contributed by atoms with Crippen molar-refractivity contribution in [3.8, 4) is 11.5 Å². The van der Waals surface area contributed by atoms with Gasteiger partial charge in [0.1, 0.15) is 0 Å². The van der Waals surface area contributed by atoms with Crippen molar-refractivity contribution in [1.82, 2.24) is 0 Å². The zero-order chi connectivity index (χ0) is 15.8. The lowest BCUT2D eigenvalue weighted by Crippen LogP contribution is -2.06. The SMILES string of the molecule is CC(C)CCOc1ccc([N+](=O)[O-])cc1OCCC(C)C. The Labute approximate surface area is 126 Å². The van der Waals surface area contributed by atoms with Crippen molar-refractivity contribution in [2.75, 3.05) is 13.2 Å². The van der Waals surface area contributed by atoms with E-state index in [4.69, 9.17) is 9.47 Å². The molecule has 0 aliphatic rings. The molecule has 118 valence electrons. The van der Waals surface area contributed by atoms with Crippen LogP contribution >= 0.6 is 0 Å². The summed E-state index contributed by atoms with van der Waals surface area (Å²) in [5, 5.41) is 10.9. The molecule has 0 saturated carbocycles. The van der Waals surface area contributed by atoms with Crippen molar-refractivity contribution in [2.45, 2.75) is 40.5 Å². The Morgan fingerprint density at radius 1 is 1.00 bits per heavy atom. The quantitative estimate of drug-likeness (QED) is 0.499. The second-order valence-corrected chi connectivity index (χ2v) is 5.95. The summed E-state index contributed by atoms with van der Waals surface area (Å²) in [4.78, 5) is 10.4. The number of hydrogen-bond acceptors (Lipinski definition) is 4. The lowest BCUT2D eigenvalue weighted by molar-refractivity contribution is -0.385. The van der Waals surface area contributed by atoms with E-state index in [9.17, 15) is 10.1 Å². The van der Waals surface area contributed by atoms with Crippen LogP contribution in [0.15, 0.2) is 18.2 Å². The maximum atomic E-state index is 10.9. The molecule has 0 aromatic heterocycles. The highest BCUT2D eigenvalue weighted by Crippen LogP contribution is 2.32. The maximum absolute atomic E-state index is 10.9. The molecule has 5 heteroatoms. The van der Waals surface area contributed by atoms with E-state index in [0.717, 1.165) is 12.8 Å². The van der Waals surface area contributed by atoms with Gasteiger partial charge in [-0.3, -0.25) is 10.1 Å². The van der Waals surface area contributed by atoms with E-state index in [1.807, 2.05) is 0 Å². The summed E-state index contributed by atoms with van der Waals surface area (Å²) in [5.41, 5.74) is 0.0192. The molecule has 0 atom stereocenters. The van der Waals surface area contributed by atoms with Crippen LogP contribution in [0.3, 0.4) is 0 Å². The van der Waals surface area contributed by atoms with Gasteiger partial charge in [0.05, 0.1) is 24.2 Å². The molecule has 0 aliphatic carbocycles. The number of benzene rings is 1. The van der Waals surface area contributed by atoms with Gasteiger partial charge in [0.25, 0.3) is 5.69 Å². The summed E-state index contributed by atoms with van der Waals surface area (Å²) in [6, 6.07) is 4.49. The number of ether oxygens (including phenoxy) is 2. The first kappa shape index (κ1) is 17.3. The van der Waals surface area contributed by atoms with E-state index in [-0.39, 0.29) is 5.69 Å². The third-order valence-electron chi connectivity index (χ3n) is 3.04. The number of nitrogens with zero attached hydrogens (tertiary/aromatic N) is 1. The lowest BCUT2D eigenvalue weighted by Gasteiger charge is -2.14. The molecule has 1 aromatic rings. The van der Waals surface area contributed by atoms with Crippen molar-refractivity contribution < 1.29 is 14.4 Å². The third-order valence-corrected chi connectivity index (χ3v) is 3.04. The van der Waals surface area contributed by atoms with Crippen LogP contribution < -0.4 is 9.47 Å². The van der Waals surface area contributed by atoms with Crippen molar-refractivity contribution >= 4 is 5.69 Å². The highest BCUT2D eigenvalue weighted by molar-refractivity contribution is 5.48. The Morgan fingerprint density at radius 2 is 1.52 bits per heavy atom. The minimum atomic E-state index is -0.423. The lowest BCUT2D eigenvalue weighted by atomic mass is 10.1. The highest BCUT2D eigenvalue weighted by Gasteiger charge is 2.13. The van der Waals surface area contributed by atoms with Crippen molar-refractivity contribution in [1.29, 1.82) is 0 Å². The van der Waals surface area contributed by atoms with Gasteiger partial charge in [-0.05, 0) is 30.7 Å². The first-order valence-electron chi connectivity index (χ1n) is 7.44. The van der Waals surface area contributed by atoms with Gasteiger partial charge in [-0.15, -0.1) is 0 Å². The summed E-state index contributed by atoms with van der Waals surface area (Å²) in [6.07, 6.45) is 1.83. The number of rotatable bonds is 9. The fraction of sp³-hybridized carbons (Fsp3) is 0.625. The number of non-ortho nitro benzene ring substituents is 1. The number of nitro benzene ring substituents is 1. The van der Waals surface area contributed by atoms with Crippen LogP contribution in [0.5, 0.6) is 11.5 Å². The number of hydrogen-bond donors (Lipinski definition) is 0. The van der Waals surface area contributed by atoms with E-state index in [0.29, 0.717) is 36.5 Å². The van der Waals surface area contributed by atoms with E-state index in [1.165, 1.54) is 12.1 Å². The molecule has 0 radical (unpaired) electrons. The summed E-state index contributed by atoms with van der Waals surface area (Å²) in [7, 11) is 0. The van der Waals surface area contributed by atoms with Crippen LogP contribution in [0.25, 0.3) is 0 Å². The van der Waals surface area contributed by atoms with Crippen molar-refractivity contribution in [2.24, 2.45) is 11.8 Å². The molecule has 0 heterocycles. The van der Waals surface area contributed by atoms with Gasteiger partial charge < -0.3 is 9.47 Å². The number of nitro groups is 1. The van der Waals surface area contributed by atoms with E-state index in [2.05, 4.69) is 27.7 Å². The predicted molar refractivity (Wildman–Crippen MR) is 83.0 cm³/mol. The third kappa shape index (κ3) is 6.47. The molecular formula is C16H25NO4. The largest absolute Gasteiger partial charge is 0.490 e. The molecule has 0 spiro atoms. The average molecular weight is 295 g/mol. The molecule has 5 nitrogen and oxygen atoms in total. The van der Waals surface area contributed by atoms with Crippen LogP contribution in [0, 0.1) is 22.0 Å². The minimum Gasteiger partial charge on any atom is -0.490 e. The molecule has 1 aromatic carbocycles. The van der Waals surface area contributed by atoms with Gasteiger partial charge in [-0.25, -0.2) is 0 Å². The second kappa shape index (κ2) is 8.49. The summed E-state index contributed by atoms with van der Waals surface area (Å²) in [6.45, 7) is 9.57. The normalized spacial score (nSPS) is 11.0. The fourth-order valence-corrected chi connectivity index (χ4v) is 1.65. The molecule has 0 saturated heterocycles. The topological polar surface area (TPSA) is 61.6 Å². The van der Waals surface area contributed by atoms with Gasteiger partial charge in [0.2, 0.25) is 0 Å². The van der Waals surface area contributed by atoms with Gasteiger partial charge >= 0.3 is 0 Å². The van der Waals surface area contributed by atoms with Crippen LogP contribution in [-0.2, 0) is 0 Å². The van der Waals surface area contributed by atoms with Crippen molar-refractivity contribution in [3.05, 3.63) is 28.3 Å². The molecule has 0 amide bonds. The van der Waals surface area contributed by atoms with E-state index >= 15 is 0 Å². The maximum Gasteiger partial charge on any atom is 0.273 e.